The van der Waals surface area contributed by atoms with Crippen LogP contribution in [-0.4, -0.2) is 221 Å². The van der Waals surface area contributed by atoms with Gasteiger partial charge in [0.1, 0.15) is 77.2 Å². The van der Waals surface area contributed by atoms with Crippen LogP contribution in [0.5, 0.6) is 0 Å². The van der Waals surface area contributed by atoms with Gasteiger partial charge in [0.05, 0.1) is 23.8 Å². The molecule has 0 bridgehead atoms. The Morgan fingerprint density at radius 3 is 1.75 bits per heavy atom. The molecule has 0 spiro atoms. The van der Waals surface area contributed by atoms with E-state index in [0.29, 0.717) is 27.7 Å². The van der Waals surface area contributed by atoms with Crippen LogP contribution < -0.4 is 85.4 Å². The lowest BCUT2D eigenvalue weighted by Gasteiger charge is -2.33. The van der Waals surface area contributed by atoms with Crippen LogP contribution in [0.25, 0.3) is 16.5 Å². The van der Waals surface area contributed by atoms with Crippen LogP contribution >= 0.6 is 11.8 Å². The zero-order valence-electron chi connectivity index (χ0n) is 66.3. The Morgan fingerprint density at radius 2 is 1.19 bits per heavy atom. The Balaban J connectivity index is 0.959. The maximum Gasteiger partial charge on any atom is 0.361 e. The maximum absolute atomic E-state index is 14.6. The summed E-state index contributed by atoms with van der Waals surface area (Å²) in [6.45, 7) is 9.73. The standard InChI is InChI=1S/C78H103N17O21S/c1-37(2)28-54(92-72(108)57(87-41(7)97)36-117-61-34-62(100)95(73(61)109)64-39(5)46-22-18-43(94(8)9)31-58(46)116-76(64)114)69(105)89-52(16-13-27-85-78(81)82)68(104)88-51(15-12-26-84-77(79)80)67(103)86-40(6)65(101)93-56(35-96)71(107)91-55(29-38(3)4)70(106)90-53(75(112)113)14-10-11-25-83-66(102)42-17-21-47(50(30-42)74(110)111)63-48-23-19-44(98)32-59(48)115-60-33-45(99)20-24-49(60)63/h17-24,30-32,37-38,40,51-57,59,61,96,98H,10-16,25-29,33-36H2,1-9H3,(H,83,102)(H,86,103)(H,87,97)(H,88,104)(H,89,105)(H,90,106)(H,91,107)(H,92,108)(H,93,101)(H,110,111)(H,112,113)(H4,79,80,84)(H4,81,82,85)/t40-,51-,52-,53?,54-,55-,56-,57-,59?,61?/m0/s1. The Kier molecular flexibility index (Phi) is 33.1. The van der Waals surface area contributed by atoms with E-state index in [2.05, 4.69) is 58.5 Å². The third-order valence-electron chi connectivity index (χ3n) is 19.2. The van der Waals surface area contributed by atoms with Crippen molar-refractivity contribution < 1.29 is 96.7 Å². The predicted molar refractivity (Wildman–Crippen MR) is 431 cm³/mol. The SMILES string of the molecule is CC(=O)N[C@@H](CSC1CC(=O)N(c2c(C)c3ccc(N(C)C)cc3oc2=O)C1=O)C(=O)N[C@@H](CC(C)C)C(=O)N[C@@H](CCCNC(=N)N)C(=O)N[C@@H](CCCNC(=N)N)C(=O)N[C@@H](C)C(=O)N[C@@H](CO)C(=O)N[C@@H](CC(C)C)C(=O)NC(CCCCNC(=O)c1ccc(C2=C3C=CC(O)=CC3OC3=C2C=CC(=O)C3)c(C(=O)O)c1)C(=O)O. The number of fused-ring (bicyclic) bond motifs is 2. The van der Waals surface area contributed by atoms with Gasteiger partial charge in [0.25, 0.3) is 5.91 Å². The first-order chi connectivity index (χ1) is 55.3. The van der Waals surface area contributed by atoms with Crippen molar-refractivity contribution in [2.24, 2.45) is 23.3 Å². The van der Waals surface area contributed by atoms with Crippen LogP contribution in [0.3, 0.4) is 0 Å². The molecule has 2 aliphatic heterocycles. The molecule has 4 aliphatic rings. The van der Waals surface area contributed by atoms with Crippen LogP contribution in [0.15, 0.2) is 98.7 Å². The van der Waals surface area contributed by atoms with Crippen LogP contribution in [0.4, 0.5) is 11.4 Å². The van der Waals surface area contributed by atoms with Gasteiger partial charge in [-0.2, -0.15) is 0 Å². The lowest BCUT2D eigenvalue weighted by Crippen LogP contribution is -2.60. The van der Waals surface area contributed by atoms with Crippen molar-refractivity contribution in [1.29, 1.82) is 10.8 Å². The highest BCUT2D eigenvalue weighted by atomic mass is 32.2. The number of hydrogen-bond donors (Lipinski definition) is 19. The summed E-state index contributed by atoms with van der Waals surface area (Å²) in [5.41, 5.74) is 12.5. The van der Waals surface area contributed by atoms with Gasteiger partial charge in [-0.1, -0.05) is 39.8 Å². The number of hydrogen-bond acceptors (Lipinski definition) is 23. The van der Waals surface area contributed by atoms with Gasteiger partial charge in [-0.25, -0.2) is 19.3 Å². The molecule has 3 heterocycles. The van der Waals surface area contributed by atoms with E-state index in [4.69, 9.17) is 31.4 Å². The summed E-state index contributed by atoms with van der Waals surface area (Å²) >= 11 is 0.848. The molecule has 38 nitrogen and oxygen atoms in total. The summed E-state index contributed by atoms with van der Waals surface area (Å²) in [5.74, 6) is -14.3. The maximum atomic E-state index is 14.6. The quantitative estimate of drug-likeness (QED) is 0.0120. The molecule has 39 heteroatoms. The van der Waals surface area contributed by atoms with Crippen molar-refractivity contribution in [3.8, 4) is 0 Å². The number of carboxylic acids is 2. The topological polar surface area (TPSA) is 598 Å². The summed E-state index contributed by atoms with van der Waals surface area (Å²) in [6.07, 6.45) is 5.71. The second-order valence-electron chi connectivity index (χ2n) is 29.6. The highest BCUT2D eigenvalue weighted by Gasteiger charge is 2.44. The minimum Gasteiger partial charge on any atom is -0.508 e. The number of nitrogens with one attached hydrogen (secondary N) is 13. The molecule has 3 unspecified atom stereocenters. The number of imide groups is 1. The zero-order valence-corrected chi connectivity index (χ0v) is 67.1. The van der Waals surface area contributed by atoms with Crippen molar-refractivity contribution in [2.75, 3.05) is 55.9 Å². The number of aromatic carboxylic acids is 1. The second kappa shape index (κ2) is 42.3. The van der Waals surface area contributed by atoms with E-state index in [-0.39, 0.29) is 153 Å². The summed E-state index contributed by atoms with van der Waals surface area (Å²) < 4.78 is 11.6. The number of nitrogens with two attached hydrogens (primary N) is 2. The molecule has 0 saturated carbocycles. The van der Waals surface area contributed by atoms with Crippen LogP contribution in [0.2, 0.25) is 0 Å². The van der Waals surface area contributed by atoms with Gasteiger partial charge >= 0.3 is 17.6 Å². The average Bonchev–Trinajstić information content (AvgIpc) is 1.70. The highest BCUT2D eigenvalue weighted by Crippen LogP contribution is 2.44. The van der Waals surface area contributed by atoms with E-state index in [1.165, 1.54) is 49.4 Å². The number of amides is 11. The molecular weight excluding hydrogens is 1540 g/mol. The van der Waals surface area contributed by atoms with Gasteiger partial charge < -0.3 is 104 Å². The number of rotatable bonds is 42. The number of aryl methyl sites for hydroxylation is 1. The van der Waals surface area contributed by atoms with E-state index in [0.717, 1.165) is 29.3 Å². The number of aliphatic carboxylic acids is 1. The lowest BCUT2D eigenvalue weighted by molar-refractivity contribution is -0.142. The number of thioether (sulfide) groups is 1. The Morgan fingerprint density at radius 1 is 0.641 bits per heavy atom. The number of ketones is 1. The summed E-state index contributed by atoms with van der Waals surface area (Å²) in [4.78, 5) is 207. The fourth-order valence-electron chi connectivity index (χ4n) is 13.2. The molecule has 10 atom stereocenters. The normalized spacial score (nSPS) is 16.9. The number of guanidine groups is 2. The molecule has 1 fully saturated rings. The molecule has 21 N–H and O–H groups in total. The average molecular weight is 1650 g/mol. The minimum absolute atomic E-state index is 0.00166. The third-order valence-corrected chi connectivity index (χ3v) is 20.5. The summed E-state index contributed by atoms with van der Waals surface area (Å²) in [5, 5.41) is 83.9. The van der Waals surface area contributed by atoms with Gasteiger partial charge in [0.2, 0.25) is 59.1 Å². The van der Waals surface area contributed by atoms with E-state index < -0.39 is 161 Å². The monoisotopic (exact) mass is 1650 g/mol. The number of unbranched alkanes of at least 4 members (excludes halogenated alkanes) is 1. The largest absolute Gasteiger partial charge is 0.508 e. The van der Waals surface area contributed by atoms with Gasteiger partial charge in [-0.05, 0) is 137 Å². The molecule has 11 amide bonds. The number of anilines is 2. The van der Waals surface area contributed by atoms with Crippen molar-refractivity contribution >= 4 is 134 Å². The Hall–Kier alpha value is -12.4. The third kappa shape index (κ3) is 25.5. The van der Waals surface area contributed by atoms with E-state index in [9.17, 15) is 92.3 Å². The van der Waals surface area contributed by atoms with Crippen molar-refractivity contribution in [3.63, 3.8) is 0 Å². The van der Waals surface area contributed by atoms with Crippen molar-refractivity contribution in [3.05, 3.63) is 122 Å². The second-order valence-corrected chi connectivity index (χ2v) is 30.8. The first-order valence-electron chi connectivity index (χ1n) is 38.0. The van der Waals surface area contributed by atoms with Gasteiger partial charge in [0.15, 0.2) is 17.7 Å². The predicted octanol–water partition coefficient (Wildman–Crippen LogP) is 0.392. The molecule has 3 aromatic rings. The molecule has 0 radical (unpaired) electrons. The van der Waals surface area contributed by atoms with E-state index in [1.54, 1.807) is 77.9 Å². The van der Waals surface area contributed by atoms with Crippen LogP contribution in [0, 0.1) is 29.6 Å². The fourth-order valence-corrected chi connectivity index (χ4v) is 14.4. The number of carbonyl (C=O) groups is 14. The summed E-state index contributed by atoms with van der Waals surface area (Å²) in [7, 11) is 3.60. The molecule has 2 aliphatic carbocycles. The number of benzene rings is 2. The number of allylic oxidation sites excluding steroid dienone is 6. The molecular formula is C78H103N17O21S. The van der Waals surface area contributed by atoms with Crippen molar-refractivity contribution in [1.82, 2.24) is 58.5 Å². The van der Waals surface area contributed by atoms with E-state index in [1.807, 2.05) is 0 Å². The first-order valence-corrected chi connectivity index (χ1v) is 39.0. The van der Waals surface area contributed by atoms with E-state index >= 15 is 0 Å². The summed E-state index contributed by atoms with van der Waals surface area (Å²) in [6, 6.07) is -2.95. The van der Waals surface area contributed by atoms with Crippen LogP contribution in [0.1, 0.15) is 144 Å². The number of carbonyl (C=O) groups excluding carboxylic acids is 12. The highest BCUT2D eigenvalue weighted by molar-refractivity contribution is 8.00. The van der Waals surface area contributed by atoms with Crippen LogP contribution in [-0.2, 0) is 62.3 Å². The number of nitrogens with zero attached hydrogens (tertiary/aromatic N) is 2. The number of aliphatic hydroxyl groups is 2. The molecule has 117 heavy (non-hydrogen) atoms. The number of carboxylic acid groups (broad SMARTS) is 2. The number of ether oxygens (including phenoxy) is 1. The zero-order chi connectivity index (χ0) is 86.4. The van der Waals surface area contributed by atoms with Gasteiger partial charge in [-0.3, -0.25) is 68.4 Å². The smallest absolute Gasteiger partial charge is 0.361 e. The lowest BCUT2D eigenvalue weighted by atomic mass is 9.81. The molecule has 1 aromatic heterocycles. The van der Waals surface area contributed by atoms with Crippen molar-refractivity contribution in [2.45, 2.75) is 179 Å². The minimum atomic E-state index is -1.78. The molecule has 1 saturated heterocycles. The molecule has 2 aromatic carbocycles. The molecule has 7 rings (SSSR count). The van der Waals surface area contributed by atoms with Gasteiger partial charge in [0, 0.05) is 98.3 Å². The fraction of sp³-hybridized carbons (Fsp3) is 0.474. The number of aliphatic hydroxyl groups excluding tert-OH is 2. The first kappa shape index (κ1) is 91.8. The van der Waals surface area contributed by atoms with Gasteiger partial charge in [-0.15, -0.1) is 11.8 Å². The Labute approximate surface area is 677 Å². The Bertz CT molecular complexity index is 4610. The molecule has 632 valence electrons.